The Morgan fingerprint density at radius 2 is 1.97 bits per heavy atom. The lowest BCUT2D eigenvalue weighted by Gasteiger charge is -2.11. The van der Waals surface area contributed by atoms with Crippen molar-refractivity contribution in [1.29, 1.82) is 0 Å². The van der Waals surface area contributed by atoms with E-state index in [-0.39, 0.29) is 11.5 Å². The zero-order chi connectivity index (χ0) is 23.5. The number of fused-ring (bicyclic) bond motifs is 1. The van der Waals surface area contributed by atoms with Gasteiger partial charge in [-0.05, 0) is 48.8 Å². The molecule has 4 rings (SSSR count). The summed E-state index contributed by atoms with van der Waals surface area (Å²) in [4.78, 5) is 43.7. The molecule has 0 spiro atoms. The average molecular weight is 444 g/mol. The number of aromatic nitrogens is 2. The summed E-state index contributed by atoms with van der Waals surface area (Å²) in [7, 11) is 0. The highest BCUT2D eigenvalue weighted by Crippen LogP contribution is 2.24. The minimum absolute atomic E-state index is 0.0522. The van der Waals surface area contributed by atoms with Gasteiger partial charge in [-0.15, -0.1) is 0 Å². The van der Waals surface area contributed by atoms with Gasteiger partial charge in [0.1, 0.15) is 5.56 Å². The molecule has 3 N–H and O–H groups in total. The van der Waals surface area contributed by atoms with Gasteiger partial charge < -0.3 is 10.4 Å². The molecule has 8 nitrogen and oxygen atoms in total. The van der Waals surface area contributed by atoms with Gasteiger partial charge >= 0.3 is 5.69 Å². The number of nitrogens with zero attached hydrogens (tertiary/aromatic N) is 2. The van der Waals surface area contributed by atoms with E-state index in [4.69, 9.17) is 0 Å². The quantitative estimate of drug-likeness (QED) is 0.531. The fourth-order valence-electron chi connectivity index (χ4n) is 3.81. The highest BCUT2D eigenvalue weighted by atomic mass is 16.3. The number of aromatic hydroxyl groups is 1. The lowest BCUT2D eigenvalue weighted by molar-refractivity contribution is -0.120. The summed E-state index contributed by atoms with van der Waals surface area (Å²) in [6.45, 7) is 4.06. The Bertz CT molecular complexity index is 1510. The molecule has 3 aromatic rings. The maximum Gasteiger partial charge on any atom is 0.335 e. The number of hydrogen-bond acceptors (Lipinski definition) is 5. The molecule has 0 aliphatic carbocycles. The molecule has 8 heteroatoms. The van der Waals surface area contributed by atoms with Crippen LogP contribution in [-0.4, -0.2) is 27.1 Å². The average Bonchev–Trinajstić information content (AvgIpc) is 3.13. The largest absolute Gasteiger partial charge is 0.494 e. The Labute approximate surface area is 189 Å². The van der Waals surface area contributed by atoms with Gasteiger partial charge in [0.15, 0.2) is 0 Å². The molecule has 0 fully saturated rings. The van der Waals surface area contributed by atoms with Crippen LogP contribution in [0.3, 0.4) is 0 Å². The van der Waals surface area contributed by atoms with Gasteiger partial charge in [-0.3, -0.25) is 14.6 Å². The van der Waals surface area contributed by atoms with Gasteiger partial charge in [-0.2, -0.15) is 0 Å². The van der Waals surface area contributed by atoms with Gasteiger partial charge in [-0.25, -0.2) is 14.4 Å². The maximum atomic E-state index is 12.6. The van der Waals surface area contributed by atoms with E-state index in [1.807, 2.05) is 37.3 Å². The number of allylic oxidation sites excluding steroid dienone is 1. The fourth-order valence-corrected chi connectivity index (χ4v) is 3.81. The minimum atomic E-state index is -0.733. The summed E-state index contributed by atoms with van der Waals surface area (Å²) in [5.74, 6) is -0.518. The number of carbonyl (C=O) groups is 1. The van der Waals surface area contributed by atoms with E-state index in [0.29, 0.717) is 30.8 Å². The molecule has 1 amide bonds. The molecule has 1 aromatic heterocycles. The molecule has 168 valence electrons. The van der Waals surface area contributed by atoms with Crippen molar-refractivity contribution in [1.82, 2.24) is 14.9 Å². The first-order chi connectivity index (χ1) is 15.9. The van der Waals surface area contributed by atoms with Crippen LogP contribution in [0.2, 0.25) is 0 Å². The molecular formula is C25H24N4O4. The van der Waals surface area contributed by atoms with Gasteiger partial charge in [0.2, 0.25) is 11.8 Å². The Morgan fingerprint density at radius 1 is 1.18 bits per heavy atom. The van der Waals surface area contributed by atoms with Crippen molar-refractivity contribution < 1.29 is 9.90 Å². The van der Waals surface area contributed by atoms with Crippen LogP contribution in [0.4, 0.5) is 0 Å². The van der Waals surface area contributed by atoms with Crippen LogP contribution in [0.1, 0.15) is 30.9 Å². The van der Waals surface area contributed by atoms with E-state index >= 15 is 0 Å². The van der Waals surface area contributed by atoms with Crippen molar-refractivity contribution in [3.8, 4) is 11.6 Å². The zero-order valence-corrected chi connectivity index (χ0v) is 18.4. The van der Waals surface area contributed by atoms with E-state index in [2.05, 4.69) is 15.3 Å². The lowest BCUT2D eigenvalue weighted by Crippen LogP contribution is -2.30. The molecule has 2 heterocycles. The normalized spacial score (nSPS) is 13.6. The summed E-state index contributed by atoms with van der Waals surface area (Å²) >= 11 is 0. The predicted octanol–water partition coefficient (Wildman–Crippen LogP) is 1.28. The van der Waals surface area contributed by atoms with Gasteiger partial charge in [0, 0.05) is 18.2 Å². The molecule has 33 heavy (non-hydrogen) atoms. The third kappa shape index (κ3) is 4.41. The van der Waals surface area contributed by atoms with E-state index in [0.717, 1.165) is 26.3 Å². The molecule has 0 saturated carbocycles. The van der Waals surface area contributed by atoms with Crippen molar-refractivity contribution in [2.45, 2.75) is 26.7 Å². The number of nitrogens with one attached hydrogen (secondary N) is 2. The Balaban J connectivity index is 1.83. The smallest absolute Gasteiger partial charge is 0.335 e. The number of aryl methyl sites for hydroxylation is 1. The Kier molecular flexibility index (Phi) is 6.08. The van der Waals surface area contributed by atoms with Crippen LogP contribution < -0.4 is 27.1 Å². The SMILES string of the molecule is CCC(=O)NCCC1=c2ccccc2=NC1=Cc1c(O)n(-c2cccc(C)c2)c(=O)[nH]c1=O. The number of H-pyrrole nitrogens is 1. The molecule has 1 aliphatic heterocycles. The molecule has 0 unspecified atom stereocenters. The first-order valence-corrected chi connectivity index (χ1v) is 10.7. The number of aromatic amines is 1. The van der Waals surface area contributed by atoms with Crippen molar-refractivity contribution in [3.05, 3.63) is 96.8 Å². The van der Waals surface area contributed by atoms with Crippen LogP contribution in [-0.2, 0) is 4.79 Å². The second-order valence-corrected chi connectivity index (χ2v) is 7.76. The summed E-state index contributed by atoms with van der Waals surface area (Å²) in [6.07, 6.45) is 2.37. The number of amides is 1. The Morgan fingerprint density at radius 3 is 2.73 bits per heavy atom. The molecule has 1 aliphatic rings. The van der Waals surface area contributed by atoms with Gasteiger partial charge in [-0.1, -0.05) is 37.3 Å². The standard InChI is InChI=1S/C25H24N4O4/c1-3-22(30)26-12-11-18-17-9-4-5-10-20(17)27-21(18)14-19-23(31)28-25(33)29(24(19)32)16-8-6-7-15(2)13-16/h4-10,13-14,32H,3,11-12H2,1-2H3,(H,26,30)(H,28,31,33). The highest BCUT2D eigenvalue weighted by Gasteiger charge is 2.18. The fraction of sp³-hybridized carbons (Fsp3) is 0.200. The van der Waals surface area contributed by atoms with Crippen LogP contribution in [0.15, 0.2) is 68.8 Å². The van der Waals surface area contributed by atoms with Gasteiger partial charge in [0.25, 0.3) is 5.56 Å². The summed E-state index contributed by atoms with van der Waals surface area (Å²) < 4.78 is 1.06. The number of carbonyl (C=O) groups excluding carboxylic acids is 1. The number of rotatable bonds is 6. The third-order valence-corrected chi connectivity index (χ3v) is 5.46. The second kappa shape index (κ2) is 9.12. The minimum Gasteiger partial charge on any atom is -0.494 e. The summed E-state index contributed by atoms with van der Waals surface area (Å²) in [6, 6.07) is 14.6. The van der Waals surface area contributed by atoms with E-state index in [1.165, 1.54) is 6.08 Å². The predicted molar refractivity (Wildman–Crippen MR) is 126 cm³/mol. The summed E-state index contributed by atoms with van der Waals surface area (Å²) in [5.41, 5.74) is 1.16. The topological polar surface area (TPSA) is 117 Å². The molecule has 0 atom stereocenters. The lowest BCUT2D eigenvalue weighted by atomic mass is 10.1. The maximum absolute atomic E-state index is 12.6. The molecule has 0 saturated heterocycles. The number of para-hydroxylation sites is 1. The molecule has 0 bridgehead atoms. The van der Waals surface area contributed by atoms with E-state index in [1.54, 1.807) is 25.1 Å². The van der Waals surface area contributed by atoms with Crippen LogP contribution in [0.5, 0.6) is 5.88 Å². The van der Waals surface area contributed by atoms with Crippen molar-refractivity contribution >= 4 is 17.6 Å². The van der Waals surface area contributed by atoms with Crippen molar-refractivity contribution in [2.24, 2.45) is 4.99 Å². The van der Waals surface area contributed by atoms with Crippen LogP contribution in [0.25, 0.3) is 17.3 Å². The van der Waals surface area contributed by atoms with Crippen LogP contribution in [0, 0.1) is 6.92 Å². The zero-order valence-electron chi connectivity index (χ0n) is 18.4. The molecule has 2 aromatic carbocycles. The first kappa shape index (κ1) is 22.0. The molecule has 0 radical (unpaired) electrons. The number of benzene rings is 2. The highest BCUT2D eigenvalue weighted by molar-refractivity contribution is 5.78. The van der Waals surface area contributed by atoms with Crippen molar-refractivity contribution in [2.75, 3.05) is 6.54 Å². The van der Waals surface area contributed by atoms with E-state index in [9.17, 15) is 19.5 Å². The van der Waals surface area contributed by atoms with Gasteiger partial charge in [0.05, 0.1) is 16.7 Å². The summed E-state index contributed by atoms with van der Waals surface area (Å²) in [5, 5.41) is 15.4. The third-order valence-electron chi connectivity index (χ3n) is 5.46. The molecular weight excluding hydrogens is 420 g/mol. The number of hydrogen-bond donors (Lipinski definition) is 3. The van der Waals surface area contributed by atoms with E-state index < -0.39 is 17.1 Å². The van der Waals surface area contributed by atoms with Crippen LogP contribution >= 0.6 is 0 Å². The monoisotopic (exact) mass is 444 g/mol. The Hall–Kier alpha value is -4.20. The second-order valence-electron chi connectivity index (χ2n) is 7.76. The van der Waals surface area contributed by atoms with Crippen molar-refractivity contribution in [3.63, 3.8) is 0 Å². The first-order valence-electron chi connectivity index (χ1n) is 10.7.